The van der Waals surface area contributed by atoms with Crippen molar-refractivity contribution in [2.24, 2.45) is 5.41 Å². The molecule has 0 spiro atoms. The number of halogens is 6. The van der Waals surface area contributed by atoms with Crippen LogP contribution in [0.5, 0.6) is 0 Å². The van der Waals surface area contributed by atoms with E-state index in [9.17, 15) is 31.1 Å². The number of pyridine rings is 1. The third-order valence-electron chi connectivity index (χ3n) is 3.70. The van der Waals surface area contributed by atoms with E-state index in [1.54, 1.807) is 0 Å². The first-order valence-electron chi connectivity index (χ1n) is 6.34. The minimum absolute atomic E-state index is 0.174. The summed E-state index contributed by atoms with van der Waals surface area (Å²) in [5.41, 5.74) is -3.82. The van der Waals surface area contributed by atoms with Gasteiger partial charge in [-0.25, -0.2) is 4.98 Å². The van der Waals surface area contributed by atoms with Crippen molar-refractivity contribution in [2.45, 2.75) is 25.7 Å². The maximum absolute atomic E-state index is 12.9. The number of carbonyl (C=O) groups excluding carboxylic acids is 1. The van der Waals surface area contributed by atoms with Crippen LogP contribution in [0, 0.1) is 5.41 Å². The Kier molecular flexibility index (Phi) is 3.87. The summed E-state index contributed by atoms with van der Waals surface area (Å²) in [7, 11) is 0. The summed E-state index contributed by atoms with van der Waals surface area (Å²) in [6.45, 7) is 0.222. The van der Waals surface area contributed by atoms with Crippen molar-refractivity contribution < 1.29 is 31.1 Å². The molecule has 1 unspecified atom stereocenters. The van der Waals surface area contributed by atoms with E-state index in [-0.39, 0.29) is 13.0 Å². The normalized spacial score (nSPS) is 23.0. The molecule has 122 valence electrons. The molecular weight excluding hydrogens is 314 g/mol. The molecule has 1 aromatic heterocycles. The average molecular weight is 326 g/mol. The number of rotatable bonds is 1. The van der Waals surface area contributed by atoms with Gasteiger partial charge in [-0.05, 0) is 25.5 Å². The average Bonchev–Trinajstić information content (AvgIpc) is 2.81. The van der Waals surface area contributed by atoms with Crippen LogP contribution in [0.25, 0.3) is 0 Å². The summed E-state index contributed by atoms with van der Waals surface area (Å²) in [6.07, 6.45) is -9.49. The number of aromatic nitrogens is 1. The number of hydrogen-bond donors (Lipinski definition) is 0. The number of likely N-dealkylation sites (tertiary alicyclic amines) is 1. The zero-order chi connectivity index (χ0) is 16.8. The second kappa shape index (κ2) is 5.13. The van der Waals surface area contributed by atoms with Crippen molar-refractivity contribution in [1.29, 1.82) is 0 Å². The van der Waals surface area contributed by atoms with Crippen LogP contribution in [0.15, 0.2) is 18.2 Å². The van der Waals surface area contributed by atoms with Gasteiger partial charge in [0.15, 0.2) is 0 Å². The SMILES string of the molecule is CC1(C(F)(F)F)CCN(C(=O)c2cccc(C(F)(F)F)n2)C1. The minimum atomic E-state index is -4.72. The molecule has 0 aromatic carbocycles. The maximum Gasteiger partial charge on any atom is 0.433 e. The van der Waals surface area contributed by atoms with Crippen LogP contribution in [-0.2, 0) is 6.18 Å². The molecule has 0 radical (unpaired) electrons. The van der Waals surface area contributed by atoms with E-state index in [0.717, 1.165) is 24.0 Å². The highest BCUT2D eigenvalue weighted by molar-refractivity contribution is 5.92. The molecule has 0 N–H and O–H groups in total. The van der Waals surface area contributed by atoms with Gasteiger partial charge in [0, 0.05) is 13.1 Å². The number of amides is 1. The summed E-state index contributed by atoms with van der Waals surface area (Å²) >= 11 is 0. The van der Waals surface area contributed by atoms with Gasteiger partial charge in [-0.1, -0.05) is 6.07 Å². The summed E-state index contributed by atoms with van der Waals surface area (Å²) in [5.74, 6) is -0.931. The van der Waals surface area contributed by atoms with Crippen molar-refractivity contribution in [2.75, 3.05) is 13.1 Å². The van der Waals surface area contributed by atoms with Crippen molar-refractivity contribution >= 4 is 5.91 Å². The first-order valence-corrected chi connectivity index (χ1v) is 6.34. The Balaban J connectivity index is 2.21. The molecule has 0 bridgehead atoms. The molecule has 1 aliphatic rings. The monoisotopic (exact) mass is 326 g/mol. The van der Waals surface area contributed by atoms with Crippen LogP contribution in [0.1, 0.15) is 29.5 Å². The zero-order valence-electron chi connectivity index (χ0n) is 11.4. The lowest BCUT2D eigenvalue weighted by Gasteiger charge is -2.27. The standard InChI is InChI=1S/C13H12F6N2O/c1-11(13(17,18)19)5-6-21(7-11)10(22)8-3-2-4-9(20-8)12(14,15)16/h2-4H,5-7H2,1H3. The third kappa shape index (κ3) is 3.02. The number of alkyl halides is 6. The molecule has 1 amide bonds. The Morgan fingerprint density at radius 2 is 1.86 bits per heavy atom. The van der Waals surface area contributed by atoms with Crippen molar-refractivity contribution in [3.05, 3.63) is 29.6 Å². The Hall–Kier alpha value is -1.80. The van der Waals surface area contributed by atoms with E-state index in [0.29, 0.717) is 6.07 Å². The van der Waals surface area contributed by atoms with Gasteiger partial charge in [0.2, 0.25) is 0 Å². The van der Waals surface area contributed by atoms with Gasteiger partial charge in [0.05, 0.1) is 5.41 Å². The Bertz CT molecular complexity index is 583. The van der Waals surface area contributed by atoms with Gasteiger partial charge in [0.1, 0.15) is 11.4 Å². The minimum Gasteiger partial charge on any atom is -0.336 e. The smallest absolute Gasteiger partial charge is 0.336 e. The van der Waals surface area contributed by atoms with Crippen LogP contribution < -0.4 is 0 Å². The highest BCUT2D eigenvalue weighted by Gasteiger charge is 2.55. The van der Waals surface area contributed by atoms with Crippen LogP contribution >= 0.6 is 0 Å². The highest BCUT2D eigenvalue weighted by atomic mass is 19.4. The van der Waals surface area contributed by atoms with Crippen LogP contribution in [0.2, 0.25) is 0 Å². The molecule has 1 fully saturated rings. The molecule has 0 saturated carbocycles. The van der Waals surface area contributed by atoms with Crippen molar-refractivity contribution in [1.82, 2.24) is 9.88 Å². The topological polar surface area (TPSA) is 33.2 Å². The van der Waals surface area contributed by atoms with Crippen molar-refractivity contribution in [3.8, 4) is 0 Å². The van der Waals surface area contributed by atoms with Crippen LogP contribution in [0.4, 0.5) is 26.3 Å². The second-order valence-corrected chi connectivity index (χ2v) is 5.44. The number of nitrogens with zero attached hydrogens (tertiary/aromatic N) is 2. The van der Waals surface area contributed by atoms with E-state index in [2.05, 4.69) is 4.98 Å². The molecule has 1 aliphatic heterocycles. The van der Waals surface area contributed by atoms with Gasteiger partial charge in [-0.15, -0.1) is 0 Å². The second-order valence-electron chi connectivity index (χ2n) is 5.44. The first-order chi connectivity index (χ1) is 9.94. The van der Waals surface area contributed by atoms with Gasteiger partial charge < -0.3 is 4.90 Å². The Labute approximate surface area is 121 Å². The highest BCUT2D eigenvalue weighted by Crippen LogP contribution is 2.45. The fraction of sp³-hybridized carbons (Fsp3) is 0.538. The van der Waals surface area contributed by atoms with E-state index in [1.165, 1.54) is 0 Å². The molecule has 1 aromatic rings. The molecule has 3 nitrogen and oxygen atoms in total. The molecule has 2 heterocycles. The van der Waals surface area contributed by atoms with E-state index in [4.69, 9.17) is 0 Å². The fourth-order valence-electron chi connectivity index (χ4n) is 2.24. The predicted molar refractivity (Wildman–Crippen MR) is 63.9 cm³/mol. The van der Waals surface area contributed by atoms with Gasteiger partial charge in [-0.3, -0.25) is 4.79 Å². The Morgan fingerprint density at radius 1 is 1.23 bits per heavy atom. The summed E-state index contributed by atoms with van der Waals surface area (Å²) in [5, 5.41) is 0. The molecule has 0 aliphatic carbocycles. The van der Waals surface area contributed by atoms with Gasteiger partial charge in [0.25, 0.3) is 5.91 Å². The lowest BCUT2D eigenvalue weighted by atomic mass is 9.89. The molecule has 1 saturated heterocycles. The molecule has 2 rings (SSSR count). The van der Waals surface area contributed by atoms with Gasteiger partial charge >= 0.3 is 12.4 Å². The lowest BCUT2D eigenvalue weighted by molar-refractivity contribution is -0.212. The molecule has 1 atom stereocenters. The molecule has 22 heavy (non-hydrogen) atoms. The predicted octanol–water partition coefficient (Wildman–Crippen LogP) is 3.51. The number of carbonyl (C=O) groups is 1. The quantitative estimate of drug-likeness (QED) is 0.740. The van der Waals surface area contributed by atoms with Crippen LogP contribution in [-0.4, -0.2) is 35.1 Å². The lowest BCUT2D eigenvalue weighted by Crippen LogP contribution is -2.39. The maximum atomic E-state index is 12.9. The van der Waals surface area contributed by atoms with Gasteiger partial charge in [-0.2, -0.15) is 26.3 Å². The van der Waals surface area contributed by atoms with E-state index in [1.807, 2.05) is 0 Å². The van der Waals surface area contributed by atoms with Crippen LogP contribution in [0.3, 0.4) is 0 Å². The summed E-state index contributed by atoms with van der Waals surface area (Å²) in [4.78, 5) is 16.2. The molecule has 9 heteroatoms. The first kappa shape index (κ1) is 16.6. The third-order valence-corrected chi connectivity index (χ3v) is 3.70. The zero-order valence-corrected chi connectivity index (χ0v) is 11.4. The number of hydrogen-bond acceptors (Lipinski definition) is 2. The Morgan fingerprint density at radius 3 is 2.36 bits per heavy atom. The summed E-state index contributed by atoms with van der Waals surface area (Å²) < 4.78 is 76.4. The van der Waals surface area contributed by atoms with E-state index < -0.39 is 41.6 Å². The fourth-order valence-corrected chi connectivity index (χ4v) is 2.24. The van der Waals surface area contributed by atoms with E-state index >= 15 is 0 Å². The largest absolute Gasteiger partial charge is 0.433 e. The molecular formula is C13H12F6N2O. The van der Waals surface area contributed by atoms with Crippen molar-refractivity contribution in [3.63, 3.8) is 0 Å². The summed E-state index contributed by atoms with van der Waals surface area (Å²) in [6, 6.07) is 2.75.